The van der Waals surface area contributed by atoms with Gasteiger partial charge in [0, 0.05) is 9.64 Å². The van der Waals surface area contributed by atoms with Gasteiger partial charge in [0.2, 0.25) is 0 Å². The van der Waals surface area contributed by atoms with E-state index in [0.717, 1.165) is 9.13 Å². The fourth-order valence-electron chi connectivity index (χ4n) is 0.888. The molecule has 0 amide bonds. The van der Waals surface area contributed by atoms with Crippen LogP contribution in [0.25, 0.3) is 0 Å². The average molecular weight is 315 g/mol. The van der Waals surface area contributed by atoms with Crippen LogP contribution in [-0.4, -0.2) is 4.92 Å². The van der Waals surface area contributed by atoms with E-state index in [1.54, 1.807) is 6.92 Å². The normalized spacial score (nSPS) is 9.08. The Hall–Kier alpha value is -0.560. The SMILES string of the molecule is Cc1cc(I)cc([N+](=O)[O-])c1N.Cl. The van der Waals surface area contributed by atoms with Crippen LogP contribution in [0.4, 0.5) is 11.4 Å². The van der Waals surface area contributed by atoms with Gasteiger partial charge in [0.25, 0.3) is 5.69 Å². The molecule has 0 aromatic heterocycles. The van der Waals surface area contributed by atoms with Crippen LogP contribution >= 0.6 is 35.0 Å². The summed E-state index contributed by atoms with van der Waals surface area (Å²) in [5, 5.41) is 10.4. The van der Waals surface area contributed by atoms with Crippen LogP contribution in [0, 0.1) is 20.6 Å². The summed E-state index contributed by atoms with van der Waals surface area (Å²) < 4.78 is 0.825. The minimum absolute atomic E-state index is 0. The van der Waals surface area contributed by atoms with Crippen LogP contribution in [0.3, 0.4) is 0 Å². The Morgan fingerprint density at radius 3 is 2.54 bits per heavy atom. The molecule has 0 aliphatic carbocycles. The Bertz CT molecular complexity index is 344. The maximum absolute atomic E-state index is 10.4. The third-order valence-corrected chi connectivity index (χ3v) is 2.15. The highest BCUT2D eigenvalue weighted by Crippen LogP contribution is 2.26. The van der Waals surface area contributed by atoms with Gasteiger partial charge in [-0.05, 0) is 41.1 Å². The molecule has 0 heterocycles. The minimum Gasteiger partial charge on any atom is -0.393 e. The molecule has 1 rings (SSSR count). The molecule has 0 saturated heterocycles. The molecule has 1 aromatic rings. The predicted molar refractivity (Wildman–Crippen MR) is 62.2 cm³/mol. The molecule has 0 saturated carbocycles. The number of hydrogen-bond donors (Lipinski definition) is 1. The Kier molecular flexibility index (Phi) is 4.41. The summed E-state index contributed by atoms with van der Waals surface area (Å²) in [6.07, 6.45) is 0. The second-order valence-corrected chi connectivity index (χ2v) is 3.66. The van der Waals surface area contributed by atoms with Crippen molar-refractivity contribution < 1.29 is 4.92 Å². The van der Waals surface area contributed by atoms with E-state index < -0.39 is 4.92 Å². The van der Waals surface area contributed by atoms with E-state index >= 15 is 0 Å². The number of nitrogen functional groups attached to an aromatic ring is 1. The van der Waals surface area contributed by atoms with E-state index in [-0.39, 0.29) is 23.8 Å². The van der Waals surface area contributed by atoms with E-state index in [1.807, 2.05) is 28.7 Å². The first-order valence-electron chi connectivity index (χ1n) is 3.22. The highest BCUT2D eigenvalue weighted by Gasteiger charge is 2.13. The summed E-state index contributed by atoms with van der Waals surface area (Å²) in [7, 11) is 0. The molecule has 0 fully saturated rings. The topological polar surface area (TPSA) is 69.2 Å². The van der Waals surface area contributed by atoms with E-state index in [9.17, 15) is 10.1 Å². The Balaban J connectivity index is 0.00000144. The number of hydrogen-bond acceptors (Lipinski definition) is 3. The van der Waals surface area contributed by atoms with Crippen LogP contribution in [-0.2, 0) is 0 Å². The zero-order valence-electron chi connectivity index (χ0n) is 6.78. The highest BCUT2D eigenvalue weighted by molar-refractivity contribution is 14.1. The molecule has 0 aliphatic rings. The van der Waals surface area contributed by atoms with Crippen LogP contribution in [0.1, 0.15) is 5.56 Å². The number of nitrogens with two attached hydrogens (primary N) is 1. The molecule has 6 heteroatoms. The summed E-state index contributed by atoms with van der Waals surface area (Å²) >= 11 is 2.02. The second-order valence-electron chi connectivity index (χ2n) is 2.41. The van der Waals surface area contributed by atoms with Gasteiger partial charge < -0.3 is 5.73 Å². The molecule has 4 nitrogen and oxygen atoms in total. The number of nitro groups is 1. The Labute approximate surface area is 95.2 Å². The van der Waals surface area contributed by atoms with Gasteiger partial charge in [0.15, 0.2) is 0 Å². The second kappa shape index (κ2) is 4.61. The summed E-state index contributed by atoms with van der Waals surface area (Å²) in [6.45, 7) is 1.75. The van der Waals surface area contributed by atoms with E-state index in [2.05, 4.69) is 0 Å². The van der Waals surface area contributed by atoms with E-state index in [4.69, 9.17) is 5.73 Å². The molecule has 13 heavy (non-hydrogen) atoms. The van der Waals surface area contributed by atoms with Crippen molar-refractivity contribution in [2.24, 2.45) is 0 Å². The third kappa shape index (κ3) is 2.70. The van der Waals surface area contributed by atoms with Gasteiger partial charge in [0.05, 0.1) is 4.92 Å². The predicted octanol–water partition coefficient (Wildman–Crippen LogP) is 2.51. The molecule has 0 radical (unpaired) electrons. The Morgan fingerprint density at radius 2 is 2.08 bits per heavy atom. The highest BCUT2D eigenvalue weighted by atomic mass is 127. The van der Waals surface area contributed by atoms with Crippen LogP contribution < -0.4 is 5.73 Å². The monoisotopic (exact) mass is 314 g/mol. The van der Waals surface area contributed by atoms with Crippen molar-refractivity contribution in [2.45, 2.75) is 6.92 Å². The molecule has 0 spiro atoms. The van der Waals surface area contributed by atoms with Gasteiger partial charge in [0.1, 0.15) is 5.69 Å². The largest absolute Gasteiger partial charge is 0.393 e. The number of anilines is 1. The summed E-state index contributed by atoms with van der Waals surface area (Å²) in [5.74, 6) is 0. The standard InChI is InChI=1S/C7H7IN2O2.ClH/c1-4-2-5(8)3-6(7(4)9)10(11)12;/h2-3H,9H2,1H3;1H. The van der Waals surface area contributed by atoms with Crippen molar-refractivity contribution >= 4 is 46.4 Å². The van der Waals surface area contributed by atoms with Crippen molar-refractivity contribution in [1.82, 2.24) is 0 Å². The summed E-state index contributed by atoms with van der Waals surface area (Å²) in [4.78, 5) is 9.98. The number of rotatable bonds is 1. The summed E-state index contributed by atoms with van der Waals surface area (Å²) in [6, 6.07) is 3.27. The molecule has 2 N–H and O–H groups in total. The summed E-state index contributed by atoms with van der Waals surface area (Å²) in [5.41, 5.74) is 6.49. The van der Waals surface area contributed by atoms with Crippen LogP contribution in [0.15, 0.2) is 12.1 Å². The van der Waals surface area contributed by atoms with Gasteiger partial charge in [-0.2, -0.15) is 0 Å². The number of halogens is 2. The average Bonchev–Trinajstić information content (AvgIpc) is 1.96. The van der Waals surface area contributed by atoms with Crippen molar-refractivity contribution in [2.75, 3.05) is 5.73 Å². The number of nitrogens with zero attached hydrogens (tertiary/aromatic N) is 1. The molecule has 0 unspecified atom stereocenters. The quantitative estimate of drug-likeness (QED) is 0.375. The van der Waals surface area contributed by atoms with Crippen molar-refractivity contribution in [3.63, 3.8) is 0 Å². The molecule has 72 valence electrons. The number of nitro benzene ring substituents is 1. The van der Waals surface area contributed by atoms with Gasteiger partial charge >= 0.3 is 0 Å². The molecular weight excluding hydrogens is 306 g/mol. The van der Waals surface area contributed by atoms with Gasteiger partial charge in [-0.15, -0.1) is 12.4 Å². The molecule has 0 aliphatic heterocycles. The third-order valence-electron chi connectivity index (χ3n) is 1.53. The van der Waals surface area contributed by atoms with Gasteiger partial charge in [-0.1, -0.05) is 0 Å². The lowest BCUT2D eigenvalue weighted by atomic mass is 10.2. The lowest BCUT2D eigenvalue weighted by Crippen LogP contribution is -1.98. The van der Waals surface area contributed by atoms with Crippen molar-refractivity contribution in [3.05, 3.63) is 31.4 Å². The van der Waals surface area contributed by atoms with E-state index in [0.29, 0.717) is 0 Å². The van der Waals surface area contributed by atoms with Gasteiger partial charge in [-0.3, -0.25) is 10.1 Å². The van der Waals surface area contributed by atoms with Crippen LogP contribution in [0.2, 0.25) is 0 Å². The maximum Gasteiger partial charge on any atom is 0.293 e. The van der Waals surface area contributed by atoms with Crippen molar-refractivity contribution in [3.8, 4) is 0 Å². The lowest BCUT2D eigenvalue weighted by Gasteiger charge is -2.01. The first kappa shape index (κ1) is 12.4. The first-order valence-corrected chi connectivity index (χ1v) is 4.30. The van der Waals surface area contributed by atoms with Gasteiger partial charge in [-0.25, -0.2) is 0 Å². The molecule has 1 aromatic carbocycles. The first-order chi connectivity index (χ1) is 5.52. The fraction of sp³-hybridized carbons (Fsp3) is 0.143. The minimum atomic E-state index is -0.468. The van der Waals surface area contributed by atoms with E-state index in [1.165, 1.54) is 6.07 Å². The zero-order chi connectivity index (χ0) is 9.30. The number of aryl methyl sites for hydroxylation is 1. The fourth-order valence-corrected chi connectivity index (χ4v) is 1.65. The van der Waals surface area contributed by atoms with Crippen LogP contribution in [0.5, 0.6) is 0 Å². The number of benzene rings is 1. The lowest BCUT2D eigenvalue weighted by molar-refractivity contribution is -0.384. The molecule has 0 bridgehead atoms. The Morgan fingerprint density at radius 1 is 1.54 bits per heavy atom. The molecule has 0 atom stereocenters. The van der Waals surface area contributed by atoms with Crippen molar-refractivity contribution in [1.29, 1.82) is 0 Å². The molecular formula is C7H8ClIN2O2. The smallest absolute Gasteiger partial charge is 0.293 e. The zero-order valence-corrected chi connectivity index (χ0v) is 9.76. The maximum atomic E-state index is 10.4.